The number of allylic oxidation sites excluding steroid dienone is 8. The van der Waals surface area contributed by atoms with E-state index in [1.165, 1.54) is 18.4 Å². The Balaban J connectivity index is -0.000000189. The monoisotopic (exact) mass is 264 g/mol. The van der Waals surface area contributed by atoms with Gasteiger partial charge in [-0.25, -0.2) is 23.8 Å². The molecule has 0 aromatic carbocycles. The van der Waals surface area contributed by atoms with E-state index in [0.29, 0.717) is 0 Å². The summed E-state index contributed by atoms with van der Waals surface area (Å²) < 4.78 is 0. The molecule has 0 unspecified atom stereocenters. The van der Waals surface area contributed by atoms with E-state index in [4.69, 9.17) is 0 Å². The molecular weight excluding hydrogens is 247 g/mol. The second-order valence-electron chi connectivity index (χ2n) is 3.06. The number of hydrogen-bond acceptors (Lipinski definition) is 0. The Labute approximate surface area is 110 Å². The van der Waals surface area contributed by atoms with Crippen molar-refractivity contribution in [2.45, 2.75) is 32.6 Å². The van der Waals surface area contributed by atoms with Crippen molar-refractivity contribution in [3.05, 3.63) is 48.1 Å². The van der Waals surface area contributed by atoms with Gasteiger partial charge in [0, 0.05) is 0 Å². The molecule has 0 spiro atoms. The van der Waals surface area contributed by atoms with Crippen LogP contribution in [0, 0.1) is 12.2 Å². The summed E-state index contributed by atoms with van der Waals surface area (Å²) in [6, 6.07) is 0. The van der Waals surface area contributed by atoms with Gasteiger partial charge in [0.15, 0.2) is 0 Å². The van der Waals surface area contributed by atoms with Crippen LogP contribution < -0.4 is 0 Å². The average Bonchev–Trinajstić information content (AvgIpc) is 2.79. The van der Waals surface area contributed by atoms with Gasteiger partial charge < -0.3 is 2.85 Å². The van der Waals surface area contributed by atoms with Gasteiger partial charge in [-0.2, -0.15) is 12.2 Å². The van der Waals surface area contributed by atoms with Crippen LogP contribution in [0.3, 0.4) is 0 Å². The molecule has 0 aromatic rings. The summed E-state index contributed by atoms with van der Waals surface area (Å²) >= 11 is 0. The van der Waals surface area contributed by atoms with Gasteiger partial charge in [-0.15, -0.1) is 12.8 Å². The predicted molar refractivity (Wildman–Crippen MR) is 59.2 cm³/mol. The summed E-state index contributed by atoms with van der Waals surface area (Å²) in [6.45, 7) is 2.20. The molecule has 14 heavy (non-hydrogen) atoms. The number of hydrogen-bond donors (Lipinski definition) is 0. The van der Waals surface area contributed by atoms with Gasteiger partial charge in [-0.05, 0) is 0 Å². The van der Waals surface area contributed by atoms with Crippen LogP contribution in [-0.2, 0) is 26.2 Å². The quantitative estimate of drug-likeness (QED) is 0.662. The van der Waals surface area contributed by atoms with E-state index >= 15 is 0 Å². The molecule has 0 nitrogen and oxygen atoms in total. The fraction of sp³-hybridized carbons (Fsp3) is 0.385. The van der Waals surface area contributed by atoms with E-state index in [1.807, 2.05) is 12.2 Å². The number of rotatable bonds is 2. The standard InChI is InChI=1S/C8H11.C5H5.Zr.2H/c1-2-5-8-6-3-4-7-8;1-2-4-5-3-1;;;/h3,6H,2,4-5H2,1H3;1-3H,4H2;;;/q2*-1;+2;2*-1. The first kappa shape index (κ1) is 13.8. The van der Waals surface area contributed by atoms with E-state index in [-0.39, 0.29) is 29.1 Å². The van der Waals surface area contributed by atoms with Crippen LogP contribution in [0.25, 0.3) is 0 Å². The molecule has 0 heterocycles. The van der Waals surface area contributed by atoms with Crippen LogP contribution in [0.2, 0.25) is 0 Å². The smallest absolute Gasteiger partial charge is 1.00 e. The largest absolute Gasteiger partial charge is 2.00 e. The third-order valence-electron chi connectivity index (χ3n) is 1.87. The minimum absolute atomic E-state index is 0. The Morgan fingerprint density at radius 1 is 1.36 bits per heavy atom. The van der Waals surface area contributed by atoms with Gasteiger partial charge in [0.25, 0.3) is 0 Å². The first-order chi connectivity index (χ1) is 6.43. The van der Waals surface area contributed by atoms with Crippen molar-refractivity contribution in [1.29, 1.82) is 0 Å². The molecule has 1 heteroatoms. The van der Waals surface area contributed by atoms with Crippen LogP contribution in [0.15, 0.2) is 36.0 Å². The fourth-order valence-electron chi connectivity index (χ4n) is 1.23. The molecule has 0 aliphatic heterocycles. The van der Waals surface area contributed by atoms with Gasteiger partial charge >= 0.3 is 26.2 Å². The van der Waals surface area contributed by atoms with Gasteiger partial charge in [0.2, 0.25) is 0 Å². The Bertz CT molecular complexity index is 243. The third-order valence-corrected chi connectivity index (χ3v) is 1.87. The van der Waals surface area contributed by atoms with E-state index in [2.05, 4.69) is 37.3 Å². The van der Waals surface area contributed by atoms with E-state index in [0.717, 1.165) is 12.8 Å². The first-order valence-electron chi connectivity index (χ1n) is 4.91. The molecule has 2 aliphatic rings. The molecule has 0 aromatic heterocycles. The average molecular weight is 266 g/mol. The minimum Gasteiger partial charge on any atom is -1.00 e. The molecule has 0 amide bonds. The van der Waals surface area contributed by atoms with Gasteiger partial charge in [-0.3, -0.25) is 12.2 Å². The van der Waals surface area contributed by atoms with Crippen molar-refractivity contribution in [2.75, 3.05) is 0 Å². The minimum atomic E-state index is 0. The van der Waals surface area contributed by atoms with Crippen molar-refractivity contribution >= 4 is 0 Å². The molecule has 0 fully saturated rings. The Hall–Kier alpha value is -0.157. The molecule has 0 atom stereocenters. The zero-order chi connectivity index (χ0) is 9.36. The van der Waals surface area contributed by atoms with Crippen LogP contribution in [0.1, 0.15) is 35.5 Å². The van der Waals surface area contributed by atoms with Crippen LogP contribution >= 0.6 is 0 Å². The predicted octanol–water partition coefficient (Wildman–Crippen LogP) is 4.00. The molecule has 2 rings (SSSR count). The zero-order valence-corrected chi connectivity index (χ0v) is 11.2. The Morgan fingerprint density at radius 3 is 2.57 bits per heavy atom. The second kappa shape index (κ2) is 9.40. The molecule has 0 radical (unpaired) electrons. The first-order valence-corrected chi connectivity index (χ1v) is 4.91. The van der Waals surface area contributed by atoms with Crippen molar-refractivity contribution in [3.63, 3.8) is 0 Å². The SMILES string of the molecule is CCCC1=[C-]CC=C1.[C-]1=CC=CC1.[H-].[H-].[Zr+2]. The summed E-state index contributed by atoms with van der Waals surface area (Å²) in [5.41, 5.74) is 1.40. The summed E-state index contributed by atoms with van der Waals surface area (Å²) in [5.74, 6) is 0. The molecule has 0 N–H and O–H groups in total. The summed E-state index contributed by atoms with van der Waals surface area (Å²) in [7, 11) is 0. The van der Waals surface area contributed by atoms with Crippen molar-refractivity contribution in [2.24, 2.45) is 0 Å². The molecule has 0 bridgehead atoms. The summed E-state index contributed by atoms with van der Waals surface area (Å²) in [6.07, 6.45) is 21.1. The zero-order valence-electron chi connectivity index (χ0n) is 10.7. The summed E-state index contributed by atoms with van der Waals surface area (Å²) in [4.78, 5) is 0. The molecule has 0 saturated carbocycles. The van der Waals surface area contributed by atoms with E-state index in [1.54, 1.807) is 0 Å². The topological polar surface area (TPSA) is 0 Å². The normalized spacial score (nSPS) is 15.9. The fourth-order valence-corrected chi connectivity index (χ4v) is 1.23. The molecular formula is C13H18Zr-2. The van der Waals surface area contributed by atoms with Crippen molar-refractivity contribution < 1.29 is 29.1 Å². The van der Waals surface area contributed by atoms with Gasteiger partial charge in [-0.1, -0.05) is 19.8 Å². The molecule has 2 aliphatic carbocycles. The van der Waals surface area contributed by atoms with Crippen LogP contribution in [-0.4, -0.2) is 0 Å². The van der Waals surface area contributed by atoms with Crippen LogP contribution in [0.4, 0.5) is 0 Å². The second-order valence-corrected chi connectivity index (χ2v) is 3.06. The van der Waals surface area contributed by atoms with E-state index in [9.17, 15) is 0 Å². The third kappa shape index (κ3) is 6.32. The van der Waals surface area contributed by atoms with E-state index < -0.39 is 0 Å². The maximum atomic E-state index is 3.26. The van der Waals surface area contributed by atoms with Crippen molar-refractivity contribution in [3.8, 4) is 0 Å². The van der Waals surface area contributed by atoms with Gasteiger partial charge in [0.05, 0.1) is 0 Å². The maximum Gasteiger partial charge on any atom is 2.00 e. The summed E-state index contributed by atoms with van der Waals surface area (Å²) in [5, 5.41) is 0. The molecule has 76 valence electrons. The Morgan fingerprint density at radius 2 is 2.21 bits per heavy atom. The maximum absolute atomic E-state index is 3.26. The van der Waals surface area contributed by atoms with Gasteiger partial charge in [0.1, 0.15) is 0 Å². The Kier molecular flexibility index (Phi) is 9.29. The molecule has 0 saturated heterocycles. The van der Waals surface area contributed by atoms with Crippen LogP contribution in [0.5, 0.6) is 0 Å². The van der Waals surface area contributed by atoms with Crippen molar-refractivity contribution in [1.82, 2.24) is 0 Å².